The largest absolute Gasteiger partial charge is 0.353 e. The minimum Gasteiger partial charge on any atom is -0.353 e. The van der Waals surface area contributed by atoms with Crippen molar-refractivity contribution in [3.05, 3.63) is 12.7 Å². The van der Waals surface area contributed by atoms with E-state index in [1.54, 1.807) is 20.3 Å². The molecule has 0 N–H and O–H groups in total. The van der Waals surface area contributed by atoms with E-state index >= 15 is 0 Å². The van der Waals surface area contributed by atoms with Crippen LogP contribution in [0, 0.1) is 6.58 Å². The zero-order valence-corrected chi connectivity index (χ0v) is 8.30. The fourth-order valence-electron chi connectivity index (χ4n) is 0.996. The van der Waals surface area contributed by atoms with Crippen molar-refractivity contribution in [2.75, 3.05) is 14.2 Å². The van der Waals surface area contributed by atoms with Crippen LogP contribution >= 0.6 is 0 Å². The molecule has 0 aromatic rings. The van der Waals surface area contributed by atoms with Gasteiger partial charge in [-0.3, -0.25) is 0 Å². The number of allylic oxidation sites excluding steroid dienone is 1. The molecule has 0 aromatic heterocycles. The van der Waals surface area contributed by atoms with Crippen molar-refractivity contribution >= 4 is 0 Å². The summed E-state index contributed by atoms with van der Waals surface area (Å²) in [5.74, 6) is -0.422. The van der Waals surface area contributed by atoms with Crippen LogP contribution in [-0.2, 0) is 9.47 Å². The lowest BCUT2D eigenvalue weighted by Crippen LogP contribution is -2.29. The maximum Gasteiger partial charge on any atom is 0.164 e. The molecule has 0 saturated heterocycles. The Kier molecular flexibility index (Phi) is 6.03. The Labute approximate surface area is 75.6 Å². The predicted octanol–water partition coefficient (Wildman–Crippen LogP) is 2.54. The first-order valence-electron chi connectivity index (χ1n) is 4.32. The Morgan fingerprint density at radius 3 is 2.25 bits per heavy atom. The van der Waals surface area contributed by atoms with Gasteiger partial charge in [0, 0.05) is 20.6 Å². The molecule has 0 rings (SSSR count). The topological polar surface area (TPSA) is 18.5 Å². The van der Waals surface area contributed by atoms with Gasteiger partial charge in [-0.1, -0.05) is 12.7 Å². The minimum absolute atomic E-state index is 0.422. The standard InChI is InChI=1S/C10H19O2/c1-5-6-7-8-9-10(2,11-3)12-4/h1,5H,6-9H2,2-4H3. The van der Waals surface area contributed by atoms with Crippen LogP contribution in [0.15, 0.2) is 6.08 Å². The monoisotopic (exact) mass is 171 g/mol. The van der Waals surface area contributed by atoms with Crippen LogP contribution in [0.2, 0.25) is 0 Å². The summed E-state index contributed by atoms with van der Waals surface area (Å²) in [6.45, 7) is 7.20. The van der Waals surface area contributed by atoms with Gasteiger partial charge in [0.25, 0.3) is 0 Å². The highest BCUT2D eigenvalue weighted by molar-refractivity contribution is 4.66. The molecule has 1 radical (unpaired) electrons. The summed E-state index contributed by atoms with van der Waals surface area (Å²) in [5.41, 5.74) is 0. The van der Waals surface area contributed by atoms with Crippen LogP contribution in [0.1, 0.15) is 32.6 Å². The molecule has 0 aromatic carbocycles. The number of unbranched alkanes of at least 4 members (excludes halogenated alkanes) is 2. The van der Waals surface area contributed by atoms with E-state index in [0.717, 1.165) is 25.7 Å². The van der Waals surface area contributed by atoms with E-state index in [4.69, 9.17) is 16.1 Å². The van der Waals surface area contributed by atoms with Gasteiger partial charge in [-0.05, 0) is 26.2 Å². The summed E-state index contributed by atoms with van der Waals surface area (Å²) < 4.78 is 10.4. The van der Waals surface area contributed by atoms with E-state index in [1.165, 1.54) is 0 Å². The fourth-order valence-corrected chi connectivity index (χ4v) is 0.996. The minimum atomic E-state index is -0.422. The first-order chi connectivity index (χ1) is 5.68. The van der Waals surface area contributed by atoms with Gasteiger partial charge in [0.15, 0.2) is 5.79 Å². The Bertz CT molecular complexity index is 117. The van der Waals surface area contributed by atoms with E-state index in [1.807, 2.05) is 6.92 Å². The lowest BCUT2D eigenvalue weighted by molar-refractivity contribution is -0.197. The molecule has 0 fully saturated rings. The van der Waals surface area contributed by atoms with Gasteiger partial charge >= 0.3 is 0 Å². The molecule has 0 heterocycles. The van der Waals surface area contributed by atoms with E-state index in [2.05, 4.69) is 0 Å². The average molecular weight is 171 g/mol. The molecule has 2 heteroatoms. The molecule has 0 atom stereocenters. The maximum absolute atomic E-state index is 5.26. The number of methoxy groups -OCH3 is 2. The highest BCUT2D eigenvalue weighted by Gasteiger charge is 2.20. The normalized spacial score (nSPS) is 11.6. The Morgan fingerprint density at radius 2 is 1.83 bits per heavy atom. The third-order valence-electron chi connectivity index (χ3n) is 2.12. The molecular formula is C10H19O2. The van der Waals surface area contributed by atoms with Gasteiger partial charge in [-0.15, -0.1) is 0 Å². The fraction of sp³-hybridized carbons (Fsp3) is 0.800. The van der Waals surface area contributed by atoms with Crippen molar-refractivity contribution in [3.8, 4) is 0 Å². The van der Waals surface area contributed by atoms with Crippen molar-refractivity contribution in [3.63, 3.8) is 0 Å². The third kappa shape index (κ3) is 4.52. The van der Waals surface area contributed by atoms with Crippen LogP contribution in [0.25, 0.3) is 0 Å². The molecule has 0 unspecified atom stereocenters. The molecule has 0 aliphatic rings. The Balaban J connectivity index is 3.51. The van der Waals surface area contributed by atoms with Gasteiger partial charge < -0.3 is 9.47 Å². The second kappa shape index (κ2) is 6.21. The summed E-state index contributed by atoms with van der Waals surface area (Å²) in [5, 5.41) is 0. The van der Waals surface area contributed by atoms with Gasteiger partial charge in [-0.25, -0.2) is 0 Å². The van der Waals surface area contributed by atoms with Gasteiger partial charge in [0.05, 0.1) is 0 Å². The van der Waals surface area contributed by atoms with E-state index in [-0.39, 0.29) is 0 Å². The van der Waals surface area contributed by atoms with Crippen molar-refractivity contribution in [1.29, 1.82) is 0 Å². The summed E-state index contributed by atoms with van der Waals surface area (Å²) in [6, 6.07) is 0. The second-order valence-corrected chi connectivity index (χ2v) is 3.02. The number of ether oxygens (including phenoxy) is 2. The molecule has 0 bridgehead atoms. The highest BCUT2D eigenvalue weighted by Crippen LogP contribution is 2.18. The first-order valence-corrected chi connectivity index (χ1v) is 4.32. The van der Waals surface area contributed by atoms with Crippen LogP contribution in [0.5, 0.6) is 0 Å². The van der Waals surface area contributed by atoms with Crippen LogP contribution in [0.4, 0.5) is 0 Å². The number of hydrogen-bond acceptors (Lipinski definition) is 2. The van der Waals surface area contributed by atoms with E-state index < -0.39 is 5.79 Å². The number of rotatable bonds is 7. The average Bonchev–Trinajstić information content (AvgIpc) is 2.12. The number of hydrogen-bond donors (Lipinski definition) is 0. The quantitative estimate of drug-likeness (QED) is 0.433. The highest BCUT2D eigenvalue weighted by atomic mass is 16.7. The maximum atomic E-state index is 5.26. The lowest BCUT2D eigenvalue weighted by Gasteiger charge is -2.26. The Morgan fingerprint density at radius 1 is 1.25 bits per heavy atom. The van der Waals surface area contributed by atoms with Gasteiger partial charge in [0.2, 0.25) is 0 Å². The lowest BCUT2D eigenvalue weighted by atomic mass is 10.1. The molecule has 0 amide bonds. The summed E-state index contributed by atoms with van der Waals surface area (Å²) in [7, 11) is 3.33. The summed E-state index contributed by atoms with van der Waals surface area (Å²) >= 11 is 0. The SMILES string of the molecule is [CH]=CCCCCC(C)(OC)OC. The van der Waals surface area contributed by atoms with Gasteiger partial charge in [-0.2, -0.15) is 0 Å². The van der Waals surface area contributed by atoms with E-state index in [0.29, 0.717) is 0 Å². The van der Waals surface area contributed by atoms with Crippen molar-refractivity contribution < 1.29 is 9.47 Å². The van der Waals surface area contributed by atoms with Crippen LogP contribution in [0.3, 0.4) is 0 Å². The first kappa shape index (κ1) is 11.7. The molecule has 0 aliphatic heterocycles. The van der Waals surface area contributed by atoms with Gasteiger partial charge in [0.1, 0.15) is 0 Å². The summed E-state index contributed by atoms with van der Waals surface area (Å²) in [4.78, 5) is 0. The second-order valence-electron chi connectivity index (χ2n) is 3.02. The molecule has 0 saturated carbocycles. The van der Waals surface area contributed by atoms with Crippen LogP contribution in [-0.4, -0.2) is 20.0 Å². The zero-order chi connectivity index (χ0) is 9.45. The molecular weight excluding hydrogens is 152 g/mol. The molecule has 2 nitrogen and oxygen atoms in total. The summed E-state index contributed by atoms with van der Waals surface area (Å²) in [6.07, 6.45) is 5.74. The Hall–Kier alpha value is -0.340. The molecule has 12 heavy (non-hydrogen) atoms. The van der Waals surface area contributed by atoms with Crippen molar-refractivity contribution in [1.82, 2.24) is 0 Å². The molecule has 71 valence electrons. The molecule has 0 aliphatic carbocycles. The smallest absolute Gasteiger partial charge is 0.164 e. The predicted molar refractivity (Wildman–Crippen MR) is 49.8 cm³/mol. The zero-order valence-electron chi connectivity index (χ0n) is 8.30. The van der Waals surface area contributed by atoms with Crippen LogP contribution < -0.4 is 0 Å². The third-order valence-corrected chi connectivity index (χ3v) is 2.12. The molecule has 0 spiro atoms. The van der Waals surface area contributed by atoms with Crippen molar-refractivity contribution in [2.24, 2.45) is 0 Å². The van der Waals surface area contributed by atoms with E-state index in [9.17, 15) is 0 Å². The van der Waals surface area contributed by atoms with Crippen molar-refractivity contribution in [2.45, 2.75) is 38.4 Å².